The van der Waals surface area contributed by atoms with Crippen LogP contribution in [0.1, 0.15) is 45.9 Å². The molecule has 8 nitrogen and oxygen atoms in total. The zero-order chi connectivity index (χ0) is 26.6. The molecule has 1 fully saturated rings. The molecule has 1 amide bonds. The highest BCUT2D eigenvalue weighted by atomic mass is 16.7. The molecule has 0 radical (unpaired) electrons. The second-order valence-electron chi connectivity index (χ2n) is 9.55. The summed E-state index contributed by atoms with van der Waals surface area (Å²) < 4.78 is 15.0. The third-order valence-electron chi connectivity index (χ3n) is 6.91. The van der Waals surface area contributed by atoms with E-state index in [1.54, 1.807) is 18.3 Å². The number of benzene rings is 3. The van der Waals surface area contributed by atoms with E-state index in [1.165, 1.54) is 6.20 Å². The van der Waals surface area contributed by atoms with E-state index in [0.717, 1.165) is 27.7 Å². The molecule has 0 bridgehead atoms. The van der Waals surface area contributed by atoms with E-state index in [1.807, 2.05) is 73.1 Å². The van der Waals surface area contributed by atoms with Gasteiger partial charge in [-0.25, -0.2) is 4.98 Å². The second-order valence-corrected chi connectivity index (χ2v) is 9.55. The number of aromatic nitrogens is 3. The lowest BCUT2D eigenvalue weighted by Crippen LogP contribution is -2.32. The molecule has 1 aliphatic rings. The maximum absolute atomic E-state index is 12.5. The lowest BCUT2D eigenvalue weighted by Gasteiger charge is -2.36. The topological polar surface area (TPSA) is 98.5 Å². The standard InChI is InChI=1S/C31H28N4O4/c36-19-21-7-9-22(10-8-21)29-16-26(18-35-20-33-27-5-1-2-6-28(27)35)38-31(39-29)23-11-13-25(14-12-23)34-30(37)24-4-3-15-32-17-24/h1-15,17,20,26,29,31,36H,16,18-19H2,(H,34,37). The number of aliphatic hydroxyl groups is 1. The fourth-order valence-corrected chi connectivity index (χ4v) is 4.83. The summed E-state index contributed by atoms with van der Waals surface area (Å²) in [5.74, 6) is -0.222. The van der Waals surface area contributed by atoms with Crippen molar-refractivity contribution in [1.82, 2.24) is 14.5 Å². The Morgan fingerprint density at radius 1 is 0.949 bits per heavy atom. The van der Waals surface area contributed by atoms with Crippen molar-refractivity contribution < 1.29 is 19.4 Å². The van der Waals surface area contributed by atoms with Crippen LogP contribution >= 0.6 is 0 Å². The SMILES string of the molecule is O=C(Nc1ccc(C2OC(Cn3cnc4ccccc43)CC(c3ccc(CO)cc3)O2)cc1)c1cccnc1. The second kappa shape index (κ2) is 11.2. The number of para-hydroxylation sites is 2. The molecule has 3 unspecified atom stereocenters. The number of aliphatic hydroxyl groups excluding tert-OH is 1. The average molecular weight is 521 g/mol. The van der Waals surface area contributed by atoms with E-state index >= 15 is 0 Å². The Labute approximate surface area is 225 Å². The first-order valence-electron chi connectivity index (χ1n) is 12.9. The first-order chi connectivity index (χ1) is 19.2. The van der Waals surface area contributed by atoms with Gasteiger partial charge in [0, 0.05) is 30.1 Å². The monoisotopic (exact) mass is 520 g/mol. The van der Waals surface area contributed by atoms with Gasteiger partial charge >= 0.3 is 0 Å². The quantitative estimate of drug-likeness (QED) is 0.297. The third kappa shape index (κ3) is 5.58. The number of anilines is 1. The Morgan fingerprint density at radius 3 is 2.51 bits per heavy atom. The molecule has 196 valence electrons. The molecule has 8 heteroatoms. The lowest BCUT2D eigenvalue weighted by molar-refractivity contribution is -0.252. The van der Waals surface area contributed by atoms with Crippen molar-refractivity contribution in [3.05, 3.63) is 126 Å². The number of carbonyl (C=O) groups is 1. The lowest BCUT2D eigenvalue weighted by atomic mass is 10.00. The van der Waals surface area contributed by atoms with Crippen LogP contribution in [0, 0.1) is 0 Å². The Kier molecular flexibility index (Phi) is 7.14. The Balaban J connectivity index is 1.23. The molecule has 0 saturated carbocycles. The Hall–Kier alpha value is -4.37. The van der Waals surface area contributed by atoms with E-state index < -0.39 is 6.29 Å². The van der Waals surface area contributed by atoms with Crippen LogP contribution in [-0.2, 0) is 22.6 Å². The summed E-state index contributed by atoms with van der Waals surface area (Å²) in [5, 5.41) is 12.4. The molecule has 5 aromatic rings. The summed E-state index contributed by atoms with van der Waals surface area (Å²) in [6.45, 7) is 0.627. The molecule has 1 saturated heterocycles. The number of fused-ring (bicyclic) bond motifs is 1. The summed E-state index contributed by atoms with van der Waals surface area (Å²) in [5.41, 5.74) is 5.90. The summed E-state index contributed by atoms with van der Waals surface area (Å²) in [4.78, 5) is 21.0. The molecule has 0 spiro atoms. The molecule has 39 heavy (non-hydrogen) atoms. The predicted molar refractivity (Wildman–Crippen MR) is 147 cm³/mol. The summed E-state index contributed by atoms with van der Waals surface area (Å²) in [6, 6.07) is 26.8. The predicted octanol–water partition coefficient (Wildman–Crippen LogP) is 5.42. The fraction of sp³-hybridized carbons (Fsp3) is 0.194. The normalized spacial score (nSPS) is 19.2. The van der Waals surface area contributed by atoms with Gasteiger partial charge in [-0.15, -0.1) is 0 Å². The van der Waals surface area contributed by atoms with E-state index in [-0.39, 0.29) is 24.7 Å². The molecule has 3 aromatic carbocycles. The molecule has 2 N–H and O–H groups in total. The van der Waals surface area contributed by atoms with Crippen LogP contribution in [0.2, 0.25) is 0 Å². The highest BCUT2D eigenvalue weighted by molar-refractivity contribution is 6.04. The minimum Gasteiger partial charge on any atom is -0.392 e. The van der Waals surface area contributed by atoms with Gasteiger partial charge in [-0.3, -0.25) is 9.78 Å². The van der Waals surface area contributed by atoms with E-state index in [4.69, 9.17) is 9.47 Å². The number of rotatable bonds is 7. The zero-order valence-corrected chi connectivity index (χ0v) is 21.2. The van der Waals surface area contributed by atoms with Gasteiger partial charge < -0.3 is 24.5 Å². The van der Waals surface area contributed by atoms with Gasteiger partial charge in [-0.05, 0) is 47.5 Å². The van der Waals surface area contributed by atoms with Gasteiger partial charge in [0.1, 0.15) is 0 Å². The van der Waals surface area contributed by atoms with Crippen molar-refractivity contribution in [1.29, 1.82) is 0 Å². The van der Waals surface area contributed by atoms with Gasteiger partial charge in [0.15, 0.2) is 6.29 Å². The number of pyridine rings is 1. The van der Waals surface area contributed by atoms with E-state index in [2.05, 4.69) is 25.9 Å². The van der Waals surface area contributed by atoms with E-state index in [9.17, 15) is 9.90 Å². The largest absolute Gasteiger partial charge is 0.392 e. The number of nitrogens with zero attached hydrogens (tertiary/aromatic N) is 3. The van der Waals surface area contributed by atoms with Crippen molar-refractivity contribution >= 4 is 22.6 Å². The zero-order valence-electron chi connectivity index (χ0n) is 21.2. The average Bonchev–Trinajstić information content (AvgIpc) is 3.40. The maximum atomic E-state index is 12.5. The van der Waals surface area contributed by atoms with Crippen molar-refractivity contribution in [2.45, 2.75) is 38.1 Å². The third-order valence-corrected chi connectivity index (χ3v) is 6.91. The first kappa shape index (κ1) is 24.9. The Bertz CT molecular complexity index is 1550. The summed E-state index contributed by atoms with van der Waals surface area (Å²) in [6.07, 6.45) is 4.76. The molecule has 6 rings (SSSR count). The molecule has 3 atom stereocenters. The van der Waals surface area contributed by atoms with Gasteiger partial charge in [0.05, 0.1) is 48.3 Å². The minimum atomic E-state index is -0.593. The molecular formula is C31H28N4O4. The molecule has 3 heterocycles. The van der Waals surface area contributed by atoms with Gasteiger partial charge in [-0.2, -0.15) is 0 Å². The molecular weight excluding hydrogens is 492 g/mol. The number of nitrogens with one attached hydrogen (secondary N) is 1. The van der Waals surface area contributed by atoms with Crippen LogP contribution in [0.15, 0.2) is 104 Å². The molecule has 1 aliphatic heterocycles. The van der Waals surface area contributed by atoms with Crippen LogP contribution in [0.25, 0.3) is 11.0 Å². The van der Waals surface area contributed by atoms with Crippen LogP contribution in [0.5, 0.6) is 0 Å². The number of amides is 1. The minimum absolute atomic E-state index is 0.00244. The van der Waals surface area contributed by atoms with Gasteiger partial charge in [0.2, 0.25) is 0 Å². The number of hydrogen-bond acceptors (Lipinski definition) is 6. The van der Waals surface area contributed by atoms with Gasteiger partial charge in [-0.1, -0.05) is 48.5 Å². The van der Waals surface area contributed by atoms with Crippen molar-refractivity contribution in [2.75, 3.05) is 5.32 Å². The van der Waals surface area contributed by atoms with Crippen LogP contribution in [0.3, 0.4) is 0 Å². The highest BCUT2D eigenvalue weighted by Crippen LogP contribution is 2.39. The fourth-order valence-electron chi connectivity index (χ4n) is 4.83. The highest BCUT2D eigenvalue weighted by Gasteiger charge is 2.32. The number of hydrogen-bond donors (Lipinski definition) is 2. The summed E-state index contributed by atoms with van der Waals surface area (Å²) >= 11 is 0. The number of imidazole rings is 1. The van der Waals surface area contributed by atoms with Crippen molar-refractivity contribution in [3.8, 4) is 0 Å². The number of ether oxygens (including phenoxy) is 2. The van der Waals surface area contributed by atoms with Crippen LogP contribution in [0.4, 0.5) is 5.69 Å². The maximum Gasteiger partial charge on any atom is 0.257 e. The van der Waals surface area contributed by atoms with Gasteiger partial charge in [0.25, 0.3) is 5.91 Å². The molecule has 2 aromatic heterocycles. The Morgan fingerprint density at radius 2 is 1.74 bits per heavy atom. The van der Waals surface area contributed by atoms with Crippen LogP contribution in [-0.4, -0.2) is 31.7 Å². The summed E-state index contributed by atoms with van der Waals surface area (Å²) in [7, 11) is 0. The van der Waals surface area contributed by atoms with Crippen molar-refractivity contribution in [2.24, 2.45) is 0 Å². The van der Waals surface area contributed by atoms with Crippen molar-refractivity contribution in [3.63, 3.8) is 0 Å². The molecule has 0 aliphatic carbocycles. The van der Waals surface area contributed by atoms with E-state index in [0.29, 0.717) is 24.2 Å². The number of carbonyl (C=O) groups excluding carboxylic acids is 1. The first-order valence-corrected chi connectivity index (χ1v) is 12.9. The van der Waals surface area contributed by atoms with Crippen LogP contribution < -0.4 is 5.32 Å². The smallest absolute Gasteiger partial charge is 0.257 e.